The fraction of sp³-hybridized carbons (Fsp3) is 0.385. The molecule has 0 aliphatic carbocycles. The highest BCUT2D eigenvalue weighted by atomic mass is 19.1. The third-order valence-corrected chi connectivity index (χ3v) is 2.55. The summed E-state index contributed by atoms with van der Waals surface area (Å²) in [5.74, 6) is 0.119. The van der Waals surface area contributed by atoms with Crippen LogP contribution in [0.3, 0.4) is 0 Å². The number of benzene rings is 1. The summed E-state index contributed by atoms with van der Waals surface area (Å²) < 4.78 is 12.8. The lowest BCUT2D eigenvalue weighted by Gasteiger charge is -2.10. The number of anilines is 1. The van der Waals surface area contributed by atoms with Gasteiger partial charge in [-0.05, 0) is 36.6 Å². The molecule has 0 spiro atoms. The van der Waals surface area contributed by atoms with E-state index in [1.807, 2.05) is 0 Å². The maximum absolute atomic E-state index is 12.8. The lowest BCUT2D eigenvalue weighted by molar-refractivity contribution is -0.116. The topological polar surface area (TPSA) is 32.7 Å². The molecule has 4 heteroatoms. The Balaban J connectivity index is 2.18. The minimum Gasteiger partial charge on any atom is -0.272 e. The first-order valence-corrected chi connectivity index (χ1v) is 5.71. The maximum atomic E-state index is 12.8. The van der Waals surface area contributed by atoms with Crippen molar-refractivity contribution in [3.05, 3.63) is 30.1 Å². The minimum absolute atomic E-state index is 0.0488. The number of carbonyl (C=O) groups excluding carboxylic acids is 1. The van der Waals surface area contributed by atoms with Gasteiger partial charge < -0.3 is 0 Å². The summed E-state index contributed by atoms with van der Waals surface area (Å²) in [4.78, 5) is 11.8. The lowest BCUT2D eigenvalue weighted by Crippen LogP contribution is -2.19. The first-order chi connectivity index (χ1) is 8.06. The molecule has 1 aromatic carbocycles. The van der Waals surface area contributed by atoms with Gasteiger partial charge >= 0.3 is 0 Å². The SMILES string of the molecule is CC(C)CC1=NN(c2ccc(F)cc2)C(=O)C1. The first kappa shape index (κ1) is 11.8. The first-order valence-electron chi connectivity index (χ1n) is 5.71. The van der Waals surface area contributed by atoms with Gasteiger partial charge in [0.05, 0.1) is 12.1 Å². The normalized spacial score (nSPS) is 15.6. The van der Waals surface area contributed by atoms with Crippen LogP contribution in [-0.2, 0) is 4.79 Å². The van der Waals surface area contributed by atoms with Crippen molar-refractivity contribution in [3.63, 3.8) is 0 Å². The Kier molecular flexibility index (Phi) is 3.22. The minimum atomic E-state index is -0.313. The molecule has 1 aromatic rings. The molecule has 0 N–H and O–H groups in total. The number of nitrogens with zero attached hydrogens (tertiary/aromatic N) is 2. The van der Waals surface area contributed by atoms with Crippen LogP contribution in [0.25, 0.3) is 0 Å². The van der Waals surface area contributed by atoms with Crippen LogP contribution >= 0.6 is 0 Å². The standard InChI is InChI=1S/C13H15FN2O/c1-9(2)7-11-8-13(17)16(15-11)12-5-3-10(14)4-6-12/h3-6,9H,7-8H2,1-2H3. The van der Waals surface area contributed by atoms with Gasteiger partial charge in [-0.3, -0.25) is 4.79 Å². The summed E-state index contributed by atoms with van der Waals surface area (Å²) in [6, 6.07) is 5.79. The van der Waals surface area contributed by atoms with E-state index in [0.29, 0.717) is 18.0 Å². The Bertz CT molecular complexity index is 451. The van der Waals surface area contributed by atoms with Crippen molar-refractivity contribution >= 4 is 17.3 Å². The molecule has 0 atom stereocenters. The van der Waals surface area contributed by atoms with Crippen LogP contribution in [0, 0.1) is 11.7 Å². The van der Waals surface area contributed by atoms with Gasteiger partial charge in [-0.1, -0.05) is 13.8 Å². The molecule has 1 aliphatic rings. The summed E-state index contributed by atoms with van der Waals surface area (Å²) in [5.41, 5.74) is 1.52. The molecular weight excluding hydrogens is 219 g/mol. The van der Waals surface area contributed by atoms with Gasteiger partial charge in [0.15, 0.2) is 0 Å². The highest BCUT2D eigenvalue weighted by Gasteiger charge is 2.25. The monoisotopic (exact) mass is 234 g/mol. The second-order valence-corrected chi connectivity index (χ2v) is 4.62. The highest BCUT2D eigenvalue weighted by Crippen LogP contribution is 2.22. The zero-order valence-electron chi connectivity index (χ0n) is 9.98. The third-order valence-electron chi connectivity index (χ3n) is 2.55. The fourth-order valence-electron chi connectivity index (χ4n) is 1.85. The van der Waals surface area contributed by atoms with Crippen molar-refractivity contribution in [2.45, 2.75) is 26.7 Å². The van der Waals surface area contributed by atoms with Crippen LogP contribution in [0.2, 0.25) is 0 Å². The van der Waals surface area contributed by atoms with Crippen molar-refractivity contribution < 1.29 is 9.18 Å². The maximum Gasteiger partial charge on any atom is 0.253 e. The van der Waals surface area contributed by atoms with Gasteiger partial charge in [-0.2, -0.15) is 5.10 Å². The van der Waals surface area contributed by atoms with Crippen LogP contribution in [0.15, 0.2) is 29.4 Å². The van der Waals surface area contributed by atoms with Crippen LogP contribution in [0.4, 0.5) is 10.1 Å². The average molecular weight is 234 g/mol. The molecule has 1 heterocycles. The predicted molar refractivity (Wildman–Crippen MR) is 65.4 cm³/mol. The second-order valence-electron chi connectivity index (χ2n) is 4.62. The Labute approximate surface area is 99.9 Å². The molecule has 17 heavy (non-hydrogen) atoms. The molecule has 90 valence electrons. The number of rotatable bonds is 3. The molecule has 3 nitrogen and oxygen atoms in total. The van der Waals surface area contributed by atoms with E-state index in [4.69, 9.17) is 0 Å². The Hall–Kier alpha value is -1.71. The fourth-order valence-corrected chi connectivity index (χ4v) is 1.85. The van der Waals surface area contributed by atoms with E-state index in [-0.39, 0.29) is 11.7 Å². The van der Waals surface area contributed by atoms with Crippen LogP contribution in [0.5, 0.6) is 0 Å². The number of halogens is 1. The molecule has 0 bridgehead atoms. The molecule has 0 aromatic heterocycles. The molecule has 2 rings (SSSR count). The van der Waals surface area contributed by atoms with E-state index in [0.717, 1.165) is 12.1 Å². The molecule has 0 saturated heterocycles. The van der Waals surface area contributed by atoms with E-state index in [1.54, 1.807) is 12.1 Å². The van der Waals surface area contributed by atoms with E-state index < -0.39 is 0 Å². The molecule has 0 unspecified atom stereocenters. The lowest BCUT2D eigenvalue weighted by atomic mass is 10.1. The molecule has 0 fully saturated rings. The number of carbonyl (C=O) groups is 1. The number of amides is 1. The van der Waals surface area contributed by atoms with Crippen LogP contribution < -0.4 is 5.01 Å². The third kappa shape index (κ3) is 2.70. The van der Waals surface area contributed by atoms with E-state index in [2.05, 4.69) is 18.9 Å². The summed E-state index contributed by atoms with van der Waals surface area (Å²) in [7, 11) is 0. The van der Waals surface area contributed by atoms with Gasteiger partial charge in [0.2, 0.25) is 0 Å². The molecule has 0 radical (unpaired) electrons. The van der Waals surface area contributed by atoms with Crippen LogP contribution in [0.1, 0.15) is 26.7 Å². The van der Waals surface area contributed by atoms with Gasteiger partial charge in [-0.25, -0.2) is 9.40 Å². The number of hydrazone groups is 1. The van der Waals surface area contributed by atoms with E-state index >= 15 is 0 Å². The van der Waals surface area contributed by atoms with E-state index in [1.165, 1.54) is 17.1 Å². The van der Waals surface area contributed by atoms with Crippen molar-refractivity contribution in [2.75, 3.05) is 5.01 Å². The zero-order valence-corrected chi connectivity index (χ0v) is 9.98. The van der Waals surface area contributed by atoms with Crippen molar-refractivity contribution in [2.24, 2.45) is 11.0 Å². The Morgan fingerprint density at radius 1 is 1.35 bits per heavy atom. The van der Waals surface area contributed by atoms with Gasteiger partial charge in [-0.15, -0.1) is 0 Å². The largest absolute Gasteiger partial charge is 0.272 e. The molecule has 0 saturated carbocycles. The van der Waals surface area contributed by atoms with Crippen molar-refractivity contribution in [1.29, 1.82) is 0 Å². The molecule has 1 aliphatic heterocycles. The van der Waals surface area contributed by atoms with Crippen LogP contribution in [-0.4, -0.2) is 11.6 Å². The highest BCUT2D eigenvalue weighted by molar-refractivity contribution is 6.12. The quantitative estimate of drug-likeness (QED) is 0.791. The Morgan fingerprint density at radius 3 is 2.59 bits per heavy atom. The van der Waals surface area contributed by atoms with Gasteiger partial charge in [0, 0.05) is 5.71 Å². The predicted octanol–water partition coefficient (Wildman–Crippen LogP) is 2.96. The smallest absolute Gasteiger partial charge is 0.253 e. The Morgan fingerprint density at radius 2 is 2.00 bits per heavy atom. The van der Waals surface area contributed by atoms with E-state index in [9.17, 15) is 9.18 Å². The second kappa shape index (κ2) is 4.65. The van der Waals surface area contributed by atoms with Crippen molar-refractivity contribution in [3.8, 4) is 0 Å². The summed E-state index contributed by atoms with van der Waals surface area (Å²) in [5, 5.41) is 5.65. The average Bonchev–Trinajstić information content (AvgIpc) is 2.59. The summed E-state index contributed by atoms with van der Waals surface area (Å²) >= 11 is 0. The zero-order chi connectivity index (χ0) is 12.4. The van der Waals surface area contributed by atoms with Gasteiger partial charge in [0.1, 0.15) is 5.82 Å². The number of hydrogen-bond donors (Lipinski definition) is 0. The summed E-state index contributed by atoms with van der Waals surface area (Å²) in [6.07, 6.45) is 1.19. The number of hydrogen-bond acceptors (Lipinski definition) is 2. The molecule has 1 amide bonds. The van der Waals surface area contributed by atoms with Gasteiger partial charge in [0.25, 0.3) is 5.91 Å². The summed E-state index contributed by atoms with van der Waals surface area (Å²) in [6.45, 7) is 4.18. The molecular formula is C13H15FN2O. The van der Waals surface area contributed by atoms with Crippen molar-refractivity contribution in [1.82, 2.24) is 0 Å².